The summed E-state index contributed by atoms with van der Waals surface area (Å²) in [4.78, 5) is 46.7. The number of carbonyl (C=O) groups excluding carboxylic acids is 2. The van der Waals surface area contributed by atoms with Gasteiger partial charge in [0, 0.05) is 33.4 Å². The number of rotatable bonds is 1. The molecule has 0 unspecified atom stereocenters. The lowest BCUT2D eigenvalue weighted by Crippen LogP contribution is -2.41. The summed E-state index contributed by atoms with van der Waals surface area (Å²) in [5.41, 5.74) is 1.14. The molecule has 0 spiro atoms. The molecule has 7 nitrogen and oxygen atoms in total. The number of H-pyrrole nitrogens is 1. The molecule has 1 saturated heterocycles. The van der Waals surface area contributed by atoms with Crippen LogP contribution in [-0.4, -0.2) is 44.7 Å². The molecule has 1 fully saturated rings. The predicted molar refractivity (Wildman–Crippen MR) is 83.6 cm³/mol. The van der Waals surface area contributed by atoms with Gasteiger partial charge in [0.25, 0.3) is 5.56 Å². The number of hydrogen-bond donors (Lipinski definition) is 1. The number of aromatic amines is 1. The SMILES string of the molecule is CC(=O)N1CCc2nc([C@@H]3CCCCN3C(C)=O)[nH]c(=O)c2C1. The molecule has 3 rings (SSSR count). The molecule has 124 valence electrons. The Labute approximate surface area is 134 Å². The van der Waals surface area contributed by atoms with E-state index < -0.39 is 0 Å². The summed E-state index contributed by atoms with van der Waals surface area (Å²) in [6, 6.07) is -0.148. The summed E-state index contributed by atoms with van der Waals surface area (Å²) in [5.74, 6) is 0.562. The number of piperidine rings is 1. The molecule has 1 atom stereocenters. The van der Waals surface area contributed by atoms with Gasteiger partial charge in [0.05, 0.1) is 23.8 Å². The van der Waals surface area contributed by atoms with Crippen molar-refractivity contribution < 1.29 is 9.59 Å². The summed E-state index contributed by atoms with van der Waals surface area (Å²) in [7, 11) is 0. The van der Waals surface area contributed by atoms with Crippen LogP contribution in [0.25, 0.3) is 0 Å². The number of carbonyl (C=O) groups is 2. The number of nitrogens with zero attached hydrogens (tertiary/aromatic N) is 3. The fraction of sp³-hybridized carbons (Fsp3) is 0.625. The minimum absolute atomic E-state index is 0.0119. The van der Waals surface area contributed by atoms with E-state index in [1.54, 1.807) is 16.7 Å². The molecular formula is C16H22N4O3. The predicted octanol–water partition coefficient (Wildman–Crippen LogP) is 0.748. The van der Waals surface area contributed by atoms with Gasteiger partial charge in [-0.2, -0.15) is 0 Å². The van der Waals surface area contributed by atoms with Crippen LogP contribution in [0.4, 0.5) is 0 Å². The molecule has 1 aromatic heterocycles. The molecule has 3 heterocycles. The van der Waals surface area contributed by atoms with Gasteiger partial charge in [0.2, 0.25) is 11.8 Å². The number of amides is 2. The van der Waals surface area contributed by atoms with Gasteiger partial charge in [-0.25, -0.2) is 4.98 Å². The van der Waals surface area contributed by atoms with Crippen LogP contribution in [0.1, 0.15) is 56.2 Å². The number of nitrogens with one attached hydrogen (secondary N) is 1. The zero-order chi connectivity index (χ0) is 16.6. The van der Waals surface area contributed by atoms with Crippen molar-refractivity contribution in [3.05, 3.63) is 27.4 Å². The first-order valence-corrected chi connectivity index (χ1v) is 8.12. The first-order valence-electron chi connectivity index (χ1n) is 8.12. The van der Waals surface area contributed by atoms with Gasteiger partial charge in [0.15, 0.2) is 0 Å². The lowest BCUT2D eigenvalue weighted by Gasteiger charge is -2.35. The average molecular weight is 318 g/mol. The molecule has 0 bridgehead atoms. The maximum Gasteiger partial charge on any atom is 0.256 e. The third-order valence-electron chi connectivity index (χ3n) is 4.76. The number of likely N-dealkylation sites (tertiary alicyclic amines) is 1. The zero-order valence-electron chi connectivity index (χ0n) is 13.6. The highest BCUT2D eigenvalue weighted by molar-refractivity contribution is 5.74. The minimum atomic E-state index is -0.190. The first-order chi connectivity index (χ1) is 11.0. The van der Waals surface area contributed by atoms with E-state index in [1.807, 2.05) is 0 Å². The Morgan fingerprint density at radius 3 is 2.65 bits per heavy atom. The Morgan fingerprint density at radius 2 is 1.96 bits per heavy atom. The standard InChI is InChI=1S/C16H22N4O3/c1-10(21)19-8-6-13-12(9-19)16(23)18-15(17-13)14-5-3-4-7-20(14)11(2)22/h14H,3-9H2,1-2H3,(H,17,18,23)/t14-/m0/s1. The number of aromatic nitrogens is 2. The third kappa shape index (κ3) is 3.00. The van der Waals surface area contributed by atoms with Crippen molar-refractivity contribution >= 4 is 11.8 Å². The Kier molecular flexibility index (Phi) is 4.19. The zero-order valence-corrected chi connectivity index (χ0v) is 13.6. The highest BCUT2D eigenvalue weighted by Gasteiger charge is 2.30. The lowest BCUT2D eigenvalue weighted by atomic mass is 10.0. The van der Waals surface area contributed by atoms with Gasteiger partial charge < -0.3 is 14.8 Å². The Morgan fingerprint density at radius 1 is 1.17 bits per heavy atom. The van der Waals surface area contributed by atoms with Crippen molar-refractivity contribution in [1.29, 1.82) is 0 Å². The largest absolute Gasteiger partial charge is 0.338 e. The maximum atomic E-state index is 12.4. The molecule has 0 radical (unpaired) electrons. The Hall–Kier alpha value is -2.18. The van der Waals surface area contributed by atoms with Crippen LogP contribution >= 0.6 is 0 Å². The van der Waals surface area contributed by atoms with Crippen LogP contribution in [0.5, 0.6) is 0 Å². The summed E-state index contributed by atoms with van der Waals surface area (Å²) >= 11 is 0. The van der Waals surface area contributed by atoms with E-state index >= 15 is 0 Å². The summed E-state index contributed by atoms with van der Waals surface area (Å²) in [5, 5.41) is 0. The second-order valence-corrected chi connectivity index (χ2v) is 6.29. The quantitative estimate of drug-likeness (QED) is 0.828. The van der Waals surface area contributed by atoms with E-state index in [4.69, 9.17) is 0 Å². The van der Waals surface area contributed by atoms with Gasteiger partial charge in [-0.3, -0.25) is 14.4 Å². The van der Waals surface area contributed by atoms with Crippen LogP contribution < -0.4 is 5.56 Å². The van der Waals surface area contributed by atoms with Crippen LogP contribution in [0.3, 0.4) is 0 Å². The molecule has 2 aliphatic heterocycles. The van der Waals surface area contributed by atoms with Gasteiger partial charge in [-0.15, -0.1) is 0 Å². The molecular weight excluding hydrogens is 296 g/mol. The van der Waals surface area contributed by atoms with E-state index in [2.05, 4.69) is 9.97 Å². The van der Waals surface area contributed by atoms with Crippen molar-refractivity contribution in [3.8, 4) is 0 Å². The van der Waals surface area contributed by atoms with Gasteiger partial charge in [-0.1, -0.05) is 0 Å². The molecule has 1 N–H and O–H groups in total. The molecule has 2 amide bonds. The maximum absolute atomic E-state index is 12.4. The van der Waals surface area contributed by atoms with E-state index in [1.165, 1.54) is 6.92 Å². The van der Waals surface area contributed by atoms with Gasteiger partial charge >= 0.3 is 0 Å². The second-order valence-electron chi connectivity index (χ2n) is 6.29. The van der Waals surface area contributed by atoms with E-state index in [0.29, 0.717) is 37.4 Å². The number of fused-ring (bicyclic) bond motifs is 1. The lowest BCUT2D eigenvalue weighted by molar-refractivity contribution is -0.133. The van der Waals surface area contributed by atoms with Crippen LogP contribution in [0.2, 0.25) is 0 Å². The minimum Gasteiger partial charge on any atom is -0.338 e. The highest BCUT2D eigenvalue weighted by Crippen LogP contribution is 2.29. The van der Waals surface area contributed by atoms with E-state index in [-0.39, 0.29) is 23.4 Å². The molecule has 0 saturated carbocycles. The van der Waals surface area contributed by atoms with Crippen molar-refractivity contribution in [2.45, 2.75) is 52.1 Å². The third-order valence-corrected chi connectivity index (χ3v) is 4.76. The van der Waals surface area contributed by atoms with Crippen LogP contribution in [0, 0.1) is 0 Å². The topological polar surface area (TPSA) is 86.4 Å². The first kappa shape index (κ1) is 15.7. The molecule has 2 aliphatic rings. The summed E-state index contributed by atoms with van der Waals surface area (Å²) < 4.78 is 0. The van der Waals surface area contributed by atoms with E-state index in [9.17, 15) is 14.4 Å². The van der Waals surface area contributed by atoms with Crippen LogP contribution in [0.15, 0.2) is 4.79 Å². The molecule has 23 heavy (non-hydrogen) atoms. The monoisotopic (exact) mass is 318 g/mol. The second kappa shape index (κ2) is 6.14. The van der Waals surface area contributed by atoms with Crippen molar-refractivity contribution in [1.82, 2.24) is 19.8 Å². The average Bonchev–Trinajstić information content (AvgIpc) is 2.54. The van der Waals surface area contributed by atoms with Gasteiger partial charge in [-0.05, 0) is 19.3 Å². The highest BCUT2D eigenvalue weighted by atomic mass is 16.2. The number of hydrogen-bond acceptors (Lipinski definition) is 4. The van der Waals surface area contributed by atoms with Crippen molar-refractivity contribution in [2.24, 2.45) is 0 Å². The van der Waals surface area contributed by atoms with Crippen molar-refractivity contribution in [3.63, 3.8) is 0 Å². The smallest absolute Gasteiger partial charge is 0.256 e. The fourth-order valence-electron chi connectivity index (χ4n) is 3.46. The molecule has 0 aliphatic carbocycles. The van der Waals surface area contributed by atoms with Crippen LogP contribution in [-0.2, 0) is 22.6 Å². The molecule has 0 aromatic carbocycles. The molecule has 7 heteroatoms. The Balaban J connectivity index is 1.94. The summed E-state index contributed by atoms with van der Waals surface area (Å²) in [6.07, 6.45) is 3.41. The summed E-state index contributed by atoms with van der Waals surface area (Å²) in [6.45, 7) is 4.67. The normalized spacial score (nSPS) is 21.0. The molecule has 1 aromatic rings. The fourth-order valence-corrected chi connectivity index (χ4v) is 3.46. The Bertz CT molecular complexity index is 697. The van der Waals surface area contributed by atoms with Crippen molar-refractivity contribution in [2.75, 3.05) is 13.1 Å². The van der Waals surface area contributed by atoms with Gasteiger partial charge in [0.1, 0.15) is 5.82 Å². The van der Waals surface area contributed by atoms with E-state index in [0.717, 1.165) is 25.0 Å².